The van der Waals surface area contributed by atoms with E-state index in [0.29, 0.717) is 29.7 Å². The number of nitrogens with zero attached hydrogens (tertiary/aromatic N) is 3. The van der Waals surface area contributed by atoms with E-state index in [9.17, 15) is 14.9 Å². The van der Waals surface area contributed by atoms with Crippen LogP contribution in [0.1, 0.15) is 20.8 Å². The molecule has 0 unspecified atom stereocenters. The number of rotatable bonds is 3. The van der Waals surface area contributed by atoms with Gasteiger partial charge in [-0.3, -0.25) is 10.1 Å². The van der Waals surface area contributed by atoms with Gasteiger partial charge in [0.2, 0.25) is 0 Å². The van der Waals surface area contributed by atoms with Crippen LogP contribution in [0.2, 0.25) is 0 Å². The summed E-state index contributed by atoms with van der Waals surface area (Å²) in [6.07, 6.45) is 0.871. The minimum absolute atomic E-state index is 0.0914. The average Bonchev–Trinajstić information content (AvgIpc) is 2.47. The van der Waals surface area contributed by atoms with Crippen LogP contribution in [0.4, 0.5) is 16.2 Å². The Hall–Kier alpha value is -2.42. The van der Waals surface area contributed by atoms with Crippen LogP contribution in [0.3, 0.4) is 0 Å². The van der Waals surface area contributed by atoms with Crippen LogP contribution in [0.5, 0.6) is 0 Å². The van der Waals surface area contributed by atoms with Gasteiger partial charge in [0.15, 0.2) is 0 Å². The fourth-order valence-corrected chi connectivity index (χ4v) is 3.06. The number of amides is 1. The zero-order valence-corrected chi connectivity index (χ0v) is 16.2. The number of halogens is 1. The van der Waals surface area contributed by atoms with Gasteiger partial charge in [-0.05, 0) is 39.0 Å². The van der Waals surface area contributed by atoms with E-state index in [2.05, 4.69) is 26.2 Å². The second kappa shape index (κ2) is 6.71. The summed E-state index contributed by atoms with van der Waals surface area (Å²) in [4.78, 5) is 28.7. The first-order chi connectivity index (χ1) is 12.1. The van der Waals surface area contributed by atoms with Gasteiger partial charge in [0.05, 0.1) is 16.5 Å². The van der Waals surface area contributed by atoms with E-state index in [0.717, 1.165) is 4.47 Å². The molecule has 0 spiro atoms. The lowest BCUT2D eigenvalue weighted by atomic mass is 10.1. The van der Waals surface area contributed by atoms with Crippen molar-refractivity contribution in [3.05, 3.63) is 39.0 Å². The van der Waals surface area contributed by atoms with Crippen LogP contribution in [-0.4, -0.2) is 45.6 Å². The molecule has 8 nitrogen and oxygen atoms in total. The molecule has 1 fully saturated rings. The van der Waals surface area contributed by atoms with Crippen LogP contribution < -0.4 is 5.32 Å². The molecule has 0 aliphatic carbocycles. The summed E-state index contributed by atoms with van der Waals surface area (Å²) < 4.78 is 6.13. The molecule has 3 rings (SSSR count). The highest BCUT2D eigenvalue weighted by Crippen LogP contribution is 2.34. The van der Waals surface area contributed by atoms with Gasteiger partial charge in [0.1, 0.15) is 17.5 Å². The molecule has 0 atom stereocenters. The maximum atomic E-state index is 12.0. The van der Waals surface area contributed by atoms with Crippen molar-refractivity contribution in [1.82, 2.24) is 9.88 Å². The number of pyridine rings is 1. The number of carbonyl (C=O) groups excluding carboxylic acids is 1. The third-order valence-electron chi connectivity index (χ3n) is 3.89. The number of ether oxygens (including phenoxy) is 1. The van der Waals surface area contributed by atoms with E-state index in [1.54, 1.807) is 17.0 Å². The van der Waals surface area contributed by atoms with Crippen molar-refractivity contribution in [2.24, 2.45) is 0 Å². The first kappa shape index (κ1) is 18.4. The van der Waals surface area contributed by atoms with Crippen LogP contribution in [-0.2, 0) is 4.74 Å². The van der Waals surface area contributed by atoms with Crippen molar-refractivity contribution in [1.29, 1.82) is 0 Å². The Morgan fingerprint density at radius 3 is 2.73 bits per heavy atom. The zero-order valence-electron chi connectivity index (χ0n) is 14.7. The number of likely N-dealkylation sites (tertiary alicyclic amines) is 1. The van der Waals surface area contributed by atoms with Crippen molar-refractivity contribution in [3.63, 3.8) is 0 Å². The summed E-state index contributed by atoms with van der Waals surface area (Å²) in [6.45, 7) is 6.27. The minimum atomic E-state index is -0.554. The molecule has 138 valence electrons. The van der Waals surface area contributed by atoms with Crippen molar-refractivity contribution in [3.8, 4) is 0 Å². The molecule has 1 aromatic carbocycles. The van der Waals surface area contributed by atoms with E-state index >= 15 is 0 Å². The quantitative estimate of drug-likeness (QED) is 0.594. The number of hydrogen-bond acceptors (Lipinski definition) is 6. The predicted octanol–water partition coefficient (Wildman–Crippen LogP) is 3.94. The zero-order chi connectivity index (χ0) is 19.1. The van der Waals surface area contributed by atoms with Gasteiger partial charge in [0, 0.05) is 22.9 Å². The standard InChI is InChI=1S/C17H19BrN4O4/c1-17(2,3)26-16(23)21-8-11(9-21)20-15-12-6-10(18)4-5-13(12)19-7-14(15)22(24)25/h4-7,11H,8-9H2,1-3H3,(H,19,20). The van der Waals surface area contributed by atoms with E-state index in [1.807, 2.05) is 26.8 Å². The molecule has 1 aliphatic heterocycles. The molecule has 0 saturated carbocycles. The number of aromatic nitrogens is 1. The fraction of sp³-hybridized carbons (Fsp3) is 0.412. The first-order valence-corrected chi connectivity index (χ1v) is 8.90. The molecule has 2 heterocycles. The third kappa shape index (κ3) is 3.87. The monoisotopic (exact) mass is 422 g/mol. The highest BCUT2D eigenvalue weighted by molar-refractivity contribution is 9.10. The maximum absolute atomic E-state index is 12.0. The molecule has 1 amide bonds. The molecule has 26 heavy (non-hydrogen) atoms. The van der Waals surface area contributed by atoms with E-state index in [1.165, 1.54) is 6.20 Å². The highest BCUT2D eigenvalue weighted by Gasteiger charge is 2.35. The normalized spacial score (nSPS) is 14.8. The lowest BCUT2D eigenvalue weighted by Crippen LogP contribution is -2.58. The Morgan fingerprint density at radius 1 is 1.42 bits per heavy atom. The Balaban J connectivity index is 1.79. The van der Waals surface area contributed by atoms with Crippen molar-refractivity contribution in [2.75, 3.05) is 18.4 Å². The molecular formula is C17H19BrN4O4. The van der Waals surface area contributed by atoms with Gasteiger partial charge in [-0.25, -0.2) is 9.78 Å². The summed E-state index contributed by atoms with van der Waals surface area (Å²) in [6, 6.07) is 5.33. The number of carbonyl (C=O) groups is 1. The maximum Gasteiger partial charge on any atom is 0.410 e. The highest BCUT2D eigenvalue weighted by atomic mass is 79.9. The van der Waals surface area contributed by atoms with Crippen molar-refractivity contribution < 1.29 is 14.5 Å². The molecule has 1 N–H and O–H groups in total. The molecular weight excluding hydrogens is 404 g/mol. The van der Waals surface area contributed by atoms with Crippen LogP contribution in [0.25, 0.3) is 10.9 Å². The topological polar surface area (TPSA) is 97.6 Å². The van der Waals surface area contributed by atoms with Gasteiger partial charge >= 0.3 is 11.8 Å². The van der Waals surface area contributed by atoms with Gasteiger partial charge in [-0.2, -0.15) is 0 Å². The number of hydrogen-bond donors (Lipinski definition) is 1. The average molecular weight is 423 g/mol. The molecule has 9 heteroatoms. The van der Waals surface area contributed by atoms with Crippen LogP contribution in [0.15, 0.2) is 28.9 Å². The number of anilines is 1. The molecule has 0 bridgehead atoms. The van der Waals surface area contributed by atoms with Crippen molar-refractivity contribution in [2.45, 2.75) is 32.4 Å². The fourth-order valence-electron chi connectivity index (χ4n) is 2.69. The van der Waals surface area contributed by atoms with E-state index < -0.39 is 10.5 Å². The third-order valence-corrected chi connectivity index (χ3v) is 4.38. The Kier molecular flexibility index (Phi) is 4.74. The smallest absolute Gasteiger partial charge is 0.410 e. The van der Waals surface area contributed by atoms with E-state index in [-0.39, 0.29) is 17.8 Å². The van der Waals surface area contributed by atoms with Gasteiger partial charge < -0.3 is 15.0 Å². The number of nitrogens with one attached hydrogen (secondary N) is 1. The SMILES string of the molecule is CC(C)(C)OC(=O)N1CC(Nc2c([N+](=O)[O-])cnc3ccc(Br)cc23)C1. The minimum Gasteiger partial charge on any atom is -0.444 e. The summed E-state index contributed by atoms with van der Waals surface area (Å²) in [5, 5.41) is 15.2. The Bertz CT molecular complexity index is 875. The summed E-state index contributed by atoms with van der Waals surface area (Å²) in [5.74, 6) is 0. The lowest BCUT2D eigenvalue weighted by molar-refractivity contribution is -0.384. The Labute approximate surface area is 158 Å². The molecule has 1 aliphatic rings. The first-order valence-electron chi connectivity index (χ1n) is 8.11. The lowest BCUT2D eigenvalue weighted by Gasteiger charge is -2.40. The molecule has 0 radical (unpaired) electrons. The summed E-state index contributed by atoms with van der Waals surface area (Å²) >= 11 is 3.39. The van der Waals surface area contributed by atoms with Crippen LogP contribution in [0, 0.1) is 10.1 Å². The predicted molar refractivity (Wildman–Crippen MR) is 101 cm³/mol. The van der Waals surface area contributed by atoms with Gasteiger partial charge in [0.25, 0.3) is 0 Å². The van der Waals surface area contributed by atoms with Gasteiger partial charge in [-0.15, -0.1) is 0 Å². The molecule has 1 aromatic heterocycles. The number of nitro groups is 1. The second-order valence-electron chi connectivity index (χ2n) is 7.16. The second-order valence-corrected chi connectivity index (χ2v) is 8.08. The molecule has 2 aromatic rings. The largest absolute Gasteiger partial charge is 0.444 e. The van der Waals surface area contributed by atoms with Crippen molar-refractivity contribution >= 4 is 44.3 Å². The number of benzene rings is 1. The van der Waals surface area contributed by atoms with Gasteiger partial charge in [-0.1, -0.05) is 15.9 Å². The van der Waals surface area contributed by atoms with E-state index in [4.69, 9.17) is 4.74 Å². The summed E-state index contributed by atoms with van der Waals surface area (Å²) in [5.41, 5.74) is 0.424. The molecule has 1 saturated heterocycles. The summed E-state index contributed by atoms with van der Waals surface area (Å²) in [7, 11) is 0. The Morgan fingerprint density at radius 2 is 2.12 bits per heavy atom. The van der Waals surface area contributed by atoms with Crippen LogP contribution >= 0.6 is 15.9 Å². The number of fused-ring (bicyclic) bond motifs is 1.